The molecule has 9 heteroatoms. The van der Waals surface area contributed by atoms with Crippen molar-refractivity contribution in [3.8, 4) is 11.3 Å². The number of benzene rings is 2. The highest BCUT2D eigenvalue weighted by Crippen LogP contribution is 2.29. The van der Waals surface area contributed by atoms with E-state index in [4.69, 9.17) is 21.3 Å². The second-order valence-electron chi connectivity index (χ2n) is 9.13. The molecule has 0 bridgehead atoms. The number of hydrogen-bond acceptors (Lipinski definition) is 5. The summed E-state index contributed by atoms with van der Waals surface area (Å²) >= 11 is 6.54. The van der Waals surface area contributed by atoms with Gasteiger partial charge in [-0.15, -0.1) is 0 Å². The average Bonchev–Trinajstić information content (AvgIpc) is 2.90. The van der Waals surface area contributed by atoms with Crippen LogP contribution < -0.4 is 5.32 Å². The smallest absolute Gasteiger partial charge is 0.409 e. The second kappa shape index (κ2) is 11.0. The van der Waals surface area contributed by atoms with Crippen LogP contribution in [0, 0.1) is 5.92 Å². The third-order valence-electron chi connectivity index (χ3n) is 6.04. The Bertz CT molecular complexity index is 1280. The molecule has 1 aromatic heterocycles. The average molecular weight is 509 g/mol. The Kier molecular flexibility index (Phi) is 7.74. The van der Waals surface area contributed by atoms with Gasteiger partial charge in [0, 0.05) is 55.3 Å². The van der Waals surface area contributed by atoms with Gasteiger partial charge in [0.2, 0.25) is 0 Å². The van der Waals surface area contributed by atoms with Gasteiger partial charge in [-0.25, -0.2) is 9.78 Å². The van der Waals surface area contributed by atoms with E-state index >= 15 is 0 Å². The highest BCUT2D eigenvalue weighted by molar-refractivity contribution is 6.35. The lowest BCUT2D eigenvalue weighted by Gasteiger charge is -2.34. The number of halogens is 1. The first-order valence-electron chi connectivity index (χ1n) is 11.9. The minimum atomic E-state index is -0.337. The van der Waals surface area contributed by atoms with E-state index < -0.39 is 0 Å². The molecule has 0 unspecified atom stereocenters. The maximum Gasteiger partial charge on any atom is 0.409 e. The third-order valence-corrected chi connectivity index (χ3v) is 6.35. The number of aromatic nitrogens is 1. The highest BCUT2D eigenvalue weighted by atomic mass is 35.5. The molecule has 0 aliphatic carbocycles. The van der Waals surface area contributed by atoms with Crippen molar-refractivity contribution in [2.24, 2.45) is 5.92 Å². The summed E-state index contributed by atoms with van der Waals surface area (Å²) in [6.45, 7) is 6.07. The van der Waals surface area contributed by atoms with Gasteiger partial charge in [-0.2, -0.15) is 0 Å². The van der Waals surface area contributed by atoms with E-state index in [2.05, 4.69) is 5.32 Å². The molecule has 2 aromatic carbocycles. The Balaban J connectivity index is 1.50. The molecule has 4 rings (SSSR count). The maximum atomic E-state index is 13.2. The van der Waals surface area contributed by atoms with Crippen LogP contribution in [0.3, 0.4) is 0 Å². The van der Waals surface area contributed by atoms with Crippen molar-refractivity contribution in [1.29, 1.82) is 0 Å². The summed E-state index contributed by atoms with van der Waals surface area (Å²) in [6, 6.07) is 14.2. The van der Waals surface area contributed by atoms with Crippen LogP contribution in [-0.4, -0.2) is 72.5 Å². The Morgan fingerprint density at radius 1 is 0.972 bits per heavy atom. The number of nitrogens with one attached hydrogen (secondary N) is 1. The van der Waals surface area contributed by atoms with E-state index in [1.807, 2.05) is 26.0 Å². The number of ether oxygens (including phenoxy) is 1. The Hall–Kier alpha value is -3.65. The van der Waals surface area contributed by atoms with Gasteiger partial charge < -0.3 is 19.9 Å². The van der Waals surface area contributed by atoms with Crippen LogP contribution in [0.2, 0.25) is 5.02 Å². The van der Waals surface area contributed by atoms with Crippen molar-refractivity contribution in [3.63, 3.8) is 0 Å². The number of carbonyl (C=O) groups excluding carboxylic acids is 3. The van der Waals surface area contributed by atoms with Gasteiger partial charge in [-0.1, -0.05) is 43.6 Å². The van der Waals surface area contributed by atoms with Crippen LogP contribution in [0.25, 0.3) is 22.2 Å². The fraction of sp³-hybridized carbons (Fsp3) is 0.333. The summed E-state index contributed by atoms with van der Waals surface area (Å²) in [5.41, 5.74) is 3.12. The Morgan fingerprint density at radius 3 is 2.25 bits per heavy atom. The van der Waals surface area contributed by atoms with E-state index in [0.29, 0.717) is 60.1 Å². The summed E-state index contributed by atoms with van der Waals surface area (Å²) in [5.74, 6) is -0.0119. The molecular weight excluding hydrogens is 480 g/mol. The minimum absolute atomic E-state index is 0.120. The molecule has 1 aliphatic rings. The third kappa shape index (κ3) is 5.60. The fourth-order valence-corrected chi connectivity index (χ4v) is 4.27. The van der Waals surface area contributed by atoms with Gasteiger partial charge in [0.25, 0.3) is 11.8 Å². The second-order valence-corrected chi connectivity index (χ2v) is 9.53. The first-order valence-corrected chi connectivity index (χ1v) is 12.3. The van der Waals surface area contributed by atoms with Gasteiger partial charge in [0.05, 0.1) is 22.8 Å². The molecule has 36 heavy (non-hydrogen) atoms. The number of piperazine rings is 1. The zero-order valence-electron chi connectivity index (χ0n) is 20.6. The van der Waals surface area contributed by atoms with Gasteiger partial charge in [-0.05, 0) is 36.2 Å². The zero-order chi connectivity index (χ0) is 25.8. The molecule has 0 saturated carbocycles. The van der Waals surface area contributed by atoms with Gasteiger partial charge in [0.15, 0.2) is 0 Å². The van der Waals surface area contributed by atoms with Crippen LogP contribution >= 0.6 is 11.6 Å². The number of fused-ring (bicyclic) bond motifs is 1. The number of carbonyl (C=O) groups is 3. The van der Waals surface area contributed by atoms with E-state index in [1.54, 1.807) is 53.2 Å². The van der Waals surface area contributed by atoms with Crippen LogP contribution in [0.4, 0.5) is 4.79 Å². The largest absolute Gasteiger partial charge is 0.449 e. The summed E-state index contributed by atoms with van der Waals surface area (Å²) < 4.78 is 5.30. The molecule has 1 fully saturated rings. The number of pyridine rings is 1. The molecule has 188 valence electrons. The van der Waals surface area contributed by atoms with Crippen molar-refractivity contribution >= 4 is 40.4 Å². The number of rotatable bonds is 5. The molecule has 2 heterocycles. The molecule has 0 spiro atoms. The maximum absolute atomic E-state index is 13.2. The standard InChI is InChI=1S/C27H29ClN4O4/c1-17(2)16-36-27(35)32-12-10-31(11-13-32)26(34)20-8-9-21-22(28)15-23(30-24(21)14-20)18-4-6-19(7-5-18)25(33)29-3/h4-9,14-15,17H,10-13,16H2,1-3H3,(H,29,33). The highest BCUT2D eigenvalue weighted by Gasteiger charge is 2.26. The van der Waals surface area contributed by atoms with Crippen molar-refractivity contribution < 1.29 is 19.1 Å². The van der Waals surface area contributed by atoms with Crippen molar-refractivity contribution in [3.05, 3.63) is 64.7 Å². The normalized spacial score (nSPS) is 13.7. The molecule has 3 aromatic rings. The van der Waals surface area contributed by atoms with E-state index in [1.165, 1.54) is 0 Å². The number of nitrogens with zero attached hydrogens (tertiary/aromatic N) is 3. The molecule has 3 amide bonds. The lowest BCUT2D eigenvalue weighted by Crippen LogP contribution is -2.50. The van der Waals surface area contributed by atoms with E-state index in [9.17, 15) is 14.4 Å². The number of hydrogen-bond donors (Lipinski definition) is 1. The Morgan fingerprint density at radius 2 is 1.61 bits per heavy atom. The van der Waals surface area contributed by atoms with Gasteiger partial charge in [0.1, 0.15) is 0 Å². The summed E-state index contributed by atoms with van der Waals surface area (Å²) in [7, 11) is 1.58. The Labute approximate surface area is 215 Å². The monoisotopic (exact) mass is 508 g/mol. The van der Waals surface area contributed by atoms with Crippen molar-refractivity contribution in [2.45, 2.75) is 13.8 Å². The lowest BCUT2D eigenvalue weighted by atomic mass is 10.1. The van der Waals surface area contributed by atoms with Gasteiger partial charge in [-0.3, -0.25) is 9.59 Å². The minimum Gasteiger partial charge on any atom is -0.449 e. The SMILES string of the molecule is CNC(=O)c1ccc(-c2cc(Cl)c3ccc(C(=O)N4CCN(C(=O)OCC(C)C)CC4)cc3n2)cc1. The predicted octanol–water partition coefficient (Wildman–Crippen LogP) is 4.47. The molecule has 1 saturated heterocycles. The van der Waals surface area contributed by atoms with Crippen molar-refractivity contribution in [2.75, 3.05) is 39.8 Å². The fourth-order valence-electron chi connectivity index (χ4n) is 4.01. The first kappa shape index (κ1) is 25.4. The molecule has 0 atom stereocenters. The molecule has 0 radical (unpaired) electrons. The summed E-state index contributed by atoms with van der Waals surface area (Å²) in [6.07, 6.45) is -0.337. The first-order chi connectivity index (χ1) is 17.3. The van der Waals surface area contributed by atoms with Gasteiger partial charge >= 0.3 is 6.09 Å². The molecule has 1 aliphatic heterocycles. The molecule has 1 N–H and O–H groups in total. The number of amides is 3. The van der Waals surface area contributed by atoms with Crippen LogP contribution in [-0.2, 0) is 4.74 Å². The summed E-state index contributed by atoms with van der Waals surface area (Å²) in [4.78, 5) is 45.3. The topological polar surface area (TPSA) is 91.8 Å². The van der Waals surface area contributed by atoms with E-state index in [0.717, 1.165) is 10.9 Å². The lowest BCUT2D eigenvalue weighted by molar-refractivity contribution is 0.0535. The molecular formula is C27H29ClN4O4. The summed E-state index contributed by atoms with van der Waals surface area (Å²) in [5, 5.41) is 3.87. The van der Waals surface area contributed by atoms with Crippen LogP contribution in [0.15, 0.2) is 48.5 Å². The predicted molar refractivity (Wildman–Crippen MR) is 139 cm³/mol. The van der Waals surface area contributed by atoms with Crippen LogP contribution in [0.1, 0.15) is 34.6 Å². The van der Waals surface area contributed by atoms with E-state index in [-0.39, 0.29) is 23.8 Å². The van der Waals surface area contributed by atoms with Crippen LogP contribution in [0.5, 0.6) is 0 Å². The zero-order valence-corrected chi connectivity index (χ0v) is 21.3. The quantitative estimate of drug-likeness (QED) is 0.549. The van der Waals surface area contributed by atoms with Crippen molar-refractivity contribution in [1.82, 2.24) is 20.1 Å². The molecule has 8 nitrogen and oxygen atoms in total.